The van der Waals surface area contributed by atoms with E-state index in [0.717, 1.165) is 23.8 Å². The zero-order valence-corrected chi connectivity index (χ0v) is 25.9. The smallest absolute Gasteiger partial charge is 0.424 e. The molecule has 8 nitrogen and oxygen atoms in total. The summed E-state index contributed by atoms with van der Waals surface area (Å²) < 4.78 is 67.7. The monoisotopic (exact) mass is 633 g/mol. The molecule has 0 bridgehead atoms. The molecule has 0 spiro atoms. The maximum atomic E-state index is 14.6. The van der Waals surface area contributed by atoms with Crippen LogP contribution < -0.4 is 10.6 Å². The minimum Gasteiger partial charge on any atom is -0.445 e. The van der Waals surface area contributed by atoms with E-state index in [9.17, 15) is 32.3 Å². The van der Waals surface area contributed by atoms with Crippen LogP contribution in [0.4, 0.5) is 27.2 Å². The fourth-order valence-electron chi connectivity index (χ4n) is 4.45. The molecule has 3 aromatic rings. The van der Waals surface area contributed by atoms with E-state index in [1.54, 1.807) is 26.8 Å². The zero-order valence-electron chi connectivity index (χ0n) is 25.9. The third kappa shape index (κ3) is 9.65. The molecule has 2 unspecified atom stereocenters. The van der Waals surface area contributed by atoms with Gasteiger partial charge >= 0.3 is 18.4 Å². The Kier molecular flexibility index (Phi) is 11.2. The molecule has 0 fully saturated rings. The standard InChI is InChI=1S/C33H39F4N3O5/c1-6-31(5,16-17-38-28(41)44-20-22-10-8-7-9-11-22)24-18-26(23-12-14-25(34)15-13-23)40-27(19-24)32(43,33(35,36)37)21-39-29(42)45-30(2,3)4/h7-15,18-19,43H,6,16-17,20-21H2,1-5H3,(H,38,41)(H,39,42). The van der Waals surface area contributed by atoms with Gasteiger partial charge in [0, 0.05) is 12.1 Å². The number of aliphatic hydroxyl groups is 1. The van der Waals surface area contributed by atoms with Gasteiger partial charge in [-0.3, -0.25) is 0 Å². The molecule has 244 valence electrons. The molecule has 0 radical (unpaired) electrons. The molecule has 0 saturated heterocycles. The lowest BCUT2D eigenvalue weighted by atomic mass is 9.76. The Bertz CT molecular complexity index is 1450. The van der Waals surface area contributed by atoms with Gasteiger partial charge in [-0.25, -0.2) is 19.0 Å². The van der Waals surface area contributed by atoms with Crippen molar-refractivity contribution in [3.05, 3.63) is 89.4 Å². The molecular weight excluding hydrogens is 594 g/mol. The lowest BCUT2D eigenvalue weighted by molar-refractivity contribution is -0.265. The van der Waals surface area contributed by atoms with Crippen LogP contribution in [-0.2, 0) is 27.1 Å². The summed E-state index contributed by atoms with van der Waals surface area (Å²) in [6.45, 7) is 7.21. The van der Waals surface area contributed by atoms with Crippen molar-refractivity contribution >= 4 is 12.2 Å². The van der Waals surface area contributed by atoms with Gasteiger partial charge in [0.2, 0.25) is 5.60 Å². The number of amides is 2. The predicted octanol–water partition coefficient (Wildman–Crippen LogP) is 7.15. The Balaban J connectivity index is 1.95. The molecule has 0 saturated carbocycles. The number of benzene rings is 2. The average molecular weight is 634 g/mol. The number of alkyl carbamates (subject to hydrolysis) is 2. The van der Waals surface area contributed by atoms with E-state index in [0.29, 0.717) is 17.5 Å². The second kappa shape index (κ2) is 14.3. The van der Waals surface area contributed by atoms with Crippen LogP contribution in [0.15, 0.2) is 66.7 Å². The van der Waals surface area contributed by atoms with Crippen molar-refractivity contribution < 1.29 is 41.7 Å². The number of pyridine rings is 1. The van der Waals surface area contributed by atoms with Crippen molar-refractivity contribution in [2.75, 3.05) is 13.1 Å². The molecule has 1 aromatic heterocycles. The highest BCUT2D eigenvalue weighted by molar-refractivity contribution is 5.68. The maximum absolute atomic E-state index is 14.6. The number of aromatic nitrogens is 1. The van der Waals surface area contributed by atoms with Crippen LogP contribution in [0.1, 0.15) is 64.3 Å². The first-order valence-corrected chi connectivity index (χ1v) is 14.5. The van der Waals surface area contributed by atoms with Gasteiger partial charge in [0.15, 0.2) is 0 Å². The zero-order chi connectivity index (χ0) is 33.5. The van der Waals surface area contributed by atoms with E-state index in [2.05, 4.69) is 10.3 Å². The molecule has 2 amide bonds. The summed E-state index contributed by atoms with van der Waals surface area (Å²) in [6.07, 6.45) is -6.35. The topological polar surface area (TPSA) is 110 Å². The van der Waals surface area contributed by atoms with Gasteiger partial charge in [0.25, 0.3) is 0 Å². The van der Waals surface area contributed by atoms with E-state index in [4.69, 9.17) is 9.47 Å². The summed E-state index contributed by atoms with van der Waals surface area (Å²) in [4.78, 5) is 28.7. The largest absolute Gasteiger partial charge is 0.445 e. The molecule has 12 heteroatoms. The molecule has 3 rings (SSSR count). The van der Waals surface area contributed by atoms with E-state index in [1.165, 1.54) is 12.1 Å². The lowest BCUT2D eigenvalue weighted by Gasteiger charge is -2.34. The lowest BCUT2D eigenvalue weighted by Crippen LogP contribution is -2.52. The summed E-state index contributed by atoms with van der Waals surface area (Å²) in [6, 6.07) is 16.9. The van der Waals surface area contributed by atoms with Crippen molar-refractivity contribution in [3.8, 4) is 11.3 Å². The van der Waals surface area contributed by atoms with Crippen LogP contribution in [0.2, 0.25) is 0 Å². The number of nitrogens with zero attached hydrogens (tertiary/aromatic N) is 1. The Hall–Kier alpha value is -4.19. The van der Waals surface area contributed by atoms with Gasteiger partial charge in [-0.15, -0.1) is 0 Å². The number of carbonyl (C=O) groups is 2. The Morgan fingerprint density at radius 2 is 1.56 bits per heavy atom. The second-order valence-electron chi connectivity index (χ2n) is 12.0. The van der Waals surface area contributed by atoms with Crippen molar-refractivity contribution in [3.63, 3.8) is 0 Å². The van der Waals surface area contributed by atoms with Crippen molar-refractivity contribution in [2.45, 2.75) is 76.9 Å². The van der Waals surface area contributed by atoms with E-state index < -0.39 is 53.0 Å². The van der Waals surface area contributed by atoms with Gasteiger partial charge in [-0.1, -0.05) is 44.2 Å². The minimum atomic E-state index is -5.26. The van der Waals surface area contributed by atoms with Crippen LogP contribution in [0.3, 0.4) is 0 Å². The molecule has 45 heavy (non-hydrogen) atoms. The Morgan fingerprint density at radius 3 is 2.13 bits per heavy atom. The summed E-state index contributed by atoms with van der Waals surface area (Å²) in [5, 5.41) is 15.8. The maximum Gasteiger partial charge on any atom is 0.424 e. The first-order valence-electron chi connectivity index (χ1n) is 14.5. The highest BCUT2D eigenvalue weighted by Crippen LogP contribution is 2.41. The van der Waals surface area contributed by atoms with Crippen molar-refractivity contribution in [1.29, 1.82) is 0 Å². The highest BCUT2D eigenvalue weighted by Gasteiger charge is 2.57. The summed E-state index contributed by atoms with van der Waals surface area (Å²) in [7, 11) is 0. The summed E-state index contributed by atoms with van der Waals surface area (Å²) in [5.74, 6) is -0.549. The molecule has 1 heterocycles. The number of hydrogen-bond acceptors (Lipinski definition) is 6. The molecule has 2 atom stereocenters. The van der Waals surface area contributed by atoms with Gasteiger partial charge in [0.05, 0.1) is 17.9 Å². The van der Waals surface area contributed by atoms with Crippen LogP contribution in [0, 0.1) is 5.82 Å². The fraction of sp³-hybridized carbons (Fsp3) is 0.424. The number of nitrogens with one attached hydrogen (secondary N) is 2. The van der Waals surface area contributed by atoms with Crippen LogP contribution in [0.5, 0.6) is 0 Å². The van der Waals surface area contributed by atoms with Crippen LogP contribution in [-0.4, -0.2) is 47.1 Å². The molecule has 2 aromatic carbocycles. The molecule has 0 aliphatic carbocycles. The number of ether oxygens (including phenoxy) is 2. The number of halogens is 4. The van der Waals surface area contributed by atoms with Gasteiger partial charge in [-0.2, -0.15) is 13.2 Å². The van der Waals surface area contributed by atoms with E-state index in [1.807, 2.05) is 49.5 Å². The van der Waals surface area contributed by atoms with E-state index >= 15 is 0 Å². The number of hydrogen-bond donors (Lipinski definition) is 3. The van der Waals surface area contributed by atoms with Crippen LogP contribution >= 0.6 is 0 Å². The summed E-state index contributed by atoms with van der Waals surface area (Å²) in [5.41, 5.74) is -4.62. The minimum absolute atomic E-state index is 0.0531. The van der Waals surface area contributed by atoms with Gasteiger partial charge < -0.3 is 25.2 Å². The predicted molar refractivity (Wildman–Crippen MR) is 161 cm³/mol. The van der Waals surface area contributed by atoms with Gasteiger partial charge in [-0.05, 0) is 86.6 Å². The van der Waals surface area contributed by atoms with Crippen LogP contribution in [0.25, 0.3) is 11.3 Å². The normalized spacial score (nSPS) is 14.5. The number of carbonyl (C=O) groups excluding carboxylic acids is 2. The molecule has 0 aliphatic rings. The molecule has 0 aliphatic heterocycles. The first-order chi connectivity index (χ1) is 21.0. The third-order valence-corrected chi connectivity index (χ3v) is 7.38. The third-order valence-electron chi connectivity index (χ3n) is 7.38. The first kappa shape index (κ1) is 35.3. The Labute approximate surface area is 260 Å². The molecular formula is C33H39F4N3O5. The van der Waals surface area contributed by atoms with E-state index in [-0.39, 0.29) is 25.3 Å². The average Bonchev–Trinajstić information content (AvgIpc) is 2.98. The van der Waals surface area contributed by atoms with Crippen molar-refractivity contribution in [1.82, 2.24) is 15.6 Å². The van der Waals surface area contributed by atoms with Gasteiger partial charge in [0.1, 0.15) is 18.0 Å². The van der Waals surface area contributed by atoms with Crippen molar-refractivity contribution in [2.24, 2.45) is 0 Å². The fourth-order valence-corrected chi connectivity index (χ4v) is 4.45. The Morgan fingerprint density at radius 1 is 0.911 bits per heavy atom. The SMILES string of the molecule is CCC(C)(CCNC(=O)OCc1ccccc1)c1cc(-c2ccc(F)cc2)nc(C(O)(CNC(=O)OC(C)(C)C)C(F)(F)F)c1. The quantitative estimate of drug-likeness (QED) is 0.194. The summed E-state index contributed by atoms with van der Waals surface area (Å²) >= 11 is 0. The highest BCUT2D eigenvalue weighted by atomic mass is 19.4. The molecule has 3 N–H and O–H groups in total. The second-order valence-corrected chi connectivity index (χ2v) is 12.0. The number of rotatable bonds is 11. The number of alkyl halides is 3.